The maximum absolute atomic E-state index is 8.75. The van der Waals surface area contributed by atoms with Gasteiger partial charge in [0.2, 0.25) is 0 Å². The fourth-order valence-corrected chi connectivity index (χ4v) is 6.15. The van der Waals surface area contributed by atoms with Crippen molar-refractivity contribution >= 4 is 0 Å². The van der Waals surface area contributed by atoms with Gasteiger partial charge in [0, 0.05) is 42.8 Å². The van der Waals surface area contributed by atoms with Crippen molar-refractivity contribution in [2.75, 3.05) is 26.3 Å². The van der Waals surface area contributed by atoms with Crippen molar-refractivity contribution in [3.8, 4) is 0 Å². The number of aryl methyl sites for hydroxylation is 2. The van der Waals surface area contributed by atoms with Crippen molar-refractivity contribution in [2.45, 2.75) is 181 Å². The van der Waals surface area contributed by atoms with E-state index in [1.54, 1.807) is 0 Å². The molecular weight excluding hydrogens is 647 g/mol. The van der Waals surface area contributed by atoms with E-state index in [0.717, 1.165) is 39.0 Å². The fraction of sp³-hybridized carbons (Fsp3) is 0.727. The summed E-state index contributed by atoms with van der Waals surface area (Å²) in [6.07, 6.45) is 32.2. The monoisotopic (exact) mass is 725 g/mol. The van der Waals surface area contributed by atoms with Crippen LogP contribution >= 0.6 is 0 Å². The second kappa shape index (κ2) is 38.0. The molecule has 0 atom stereocenters. The number of rotatable bonds is 32. The van der Waals surface area contributed by atoms with Gasteiger partial charge in [-0.3, -0.25) is 0 Å². The van der Waals surface area contributed by atoms with E-state index in [4.69, 9.17) is 10.2 Å². The Morgan fingerprint density at radius 1 is 0.367 bits per heavy atom. The first-order valence-corrected chi connectivity index (χ1v) is 20.5. The Morgan fingerprint density at radius 3 is 0.918 bits per heavy atom. The Balaban J connectivity index is 0.000000922. The van der Waals surface area contributed by atoms with Crippen molar-refractivity contribution in [2.24, 2.45) is 0 Å². The predicted molar refractivity (Wildman–Crippen MR) is 211 cm³/mol. The molecule has 0 aromatic heterocycles. The third kappa shape index (κ3) is 31.3. The molecule has 2 rings (SSSR count). The first kappa shape index (κ1) is 47.8. The van der Waals surface area contributed by atoms with Gasteiger partial charge < -0.3 is 20.8 Å². The summed E-state index contributed by atoms with van der Waals surface area (Å²) < 4.78 is 0. The van der Waals surface area contributed by atoms with Gasteiger partial charge in [0.05, 0.1) is 0 Å². The normalized spacial score (nSPS) is 10.9. The summed E-state index contributed by atoms with van der Waals surface area (Å²) in [6, 6.07) is 18.0. The maximum atomic E-state index is 8.75. The third-order valence-electron chi connectivity index (χ3n) is 9.37. The zero-order valence-corrected chi connectivity index (χ0v) is 33.0. The molecule has 0 aliphatic heterocycles. The number of hydrogen-bond acceptors (Lipinski definition) is 4. The molecule has 2 aromatic carbocycles. The molecule has 2 aromatic rings. The second-order valence-electron chi connectivity index (χ2n) is 14.0. The van der Waals surface area contributed by atoms with E-state index >= 15 is 0 Å². The third-order valence-corrected chi connectivity index (χ3v) is 9.37. The zero-order valence-electron chi connectivity index (χ0n) is 32.0. The topological polar surface area (TPSA) is 64.5 Å². The van der Waals surface area contributed by atoms with Crippen LogP contribution in [0.2, 0.25) is 0 Å². The van der Waals surface area contributed by atoms with Gasteiger partial charge in [-0.1, -0.05) is 178 Å². The van der Waals surface area contributed by atoms with Crippen LogP contribution in [0.25, 0.3) is 0 Å². The van der Waals surface area contributed by atoms with Gasteiger partial charge in [0.25, 0.3) is 0 Å². The molecule has 4 nitrogen and oxygen atoms in total. The van der Waals surface area contributed by atoms with E-state index in [0.29, 0.717) is 0 Å². The van der Waals surface area contributed by atoms with Gasteiger partial charge in [-0.2, -0.15) is 0 Å². The van der Waals surface area contributed by atoms with Gasteiger partial charge in [0.1, 0.15) is 0 Å². The summed E-state index contributed by atoms with van der Waals surface area (Å²) in [4.78, 5) is 0. The number of nitrogens with one attached hydrogen (secondary N) is 2. The van der Waals surface area contributed by atoms with Gasteiger partial charge in [-0.25, -0.2) is 0 Å². The standard InChI is InChI=1S/2C22H39NO.Ni/c2*1-2-3-4-5-6-7-8-9-10-11-13-21-14-16-22(17-15-21)20-23-18-12-19-24;/h2*14-17,23-24H,2-13,18-20H2,1H3;. The molecule has 0 amide bonds. The molecule has 0 fully saturated rings. The first-order chi connectivity index (χ1) is 23.7. The van der Waals surface area contributed by atoms with Crippen LogP contribution in [0, 0.1) is 0 Å². The number of benzene rings is 2. The minimum Gasteiger partial charge on any atom is -0.396 e. The van der Waals surface area contributed by atoms with E-state index in [1.165, 1.54) is 164 Å². The summed E-state index contributed by atoms with van der Waals surface area (Å²) >= 11 is 0. The molecule has 0 aliphatic carbocycles. The van der Waals surface area contributed by atoms with Crippen LogP contribution in [0.4, 0.5) is 0 Å². The summed E-state index contributed by atoms with van der Waals surface area (Å²) in [7, 11) is 0. The van der Waals surface area contributed by atoms with Crippen molar-refractivity contribution in [1.82, 2.24) is 10.6 Å². The van der Waals surface area contributed by atoms with Crippen molar-refractivity contribution in [1.29, 1.82) is 0 Å². The van der Waals surface area contributed by atoms with E-state index in [9.17, 15) is 0 Å². The molecule has 0 unspecified atom stereocenters. The largest absolute Gasteiger partial charge is 0.396 e. The minimum atomic E-state index is 0. The molecule has 0 saturated heterocycles. The van der Waals surface area contributed by atoms with Crippen molar-refractivity contribution in [3.63, 3.8) is 0 Å². The molecule has 286 valence electrons. The summed E-state index contributed by atoms with van der Waals surface area (Å²) in [6.45, 7) is 8.67. The van der Waals surface area contributed by atoms with Gasteiger partial charge in [-0.05, 0) is 73.9 Å². The SMILES string of the molecule is CCCCCCCCCCCCc1ccc(CNCCCO)cc1.CCCCCCCCCCCCc1ccc(CNCCCO)cc1.[Ni]. The number of aliphatic hydroxyl groups excluding tert-OH is 2. The van der Waals surface area contributed by atoms with Crippen LogP contribution in [0.3, 0.4) is 0 Å². The predicted octanol–water partition coefficient (Wildman–Crippen LogP) is 11.2. The summed E-state index contributed by atoms with van der Waals surface area (Å²) in [5, 5.41) is 24.2. The molecule has 49 heavy (non-hydrogen) atoms. The quantitative estimate of drug-likeness (QED) is 0.0448. The Hall–Kier alpha value is -1.23. The minimum absolute atomic E-state index is 0. The Labute approximate surface area is 314 Å². The number of aliphatic hydroxyl groups is 2. The average Bonchev–Trinajstić information content (AvgIpc) is 3.11. The van der Waals surface area contributed by atoms with Crippen LogP contribution in [0.1, 0.15) is 177 Å². The van der Waals surface area contributed by atoms with Gasteiger partial charge in [0.15, 0.2) is 0 Å². The van der Waals surface area contributed by atoms with Crippen LogP contribution in [-0.4, -0.2) is 36.5 Å². The number of hydrogen-bond donors (Lipinski definition) is 4. The van der Waals surface area contributed by atoms with Crippen molar-refractivity contribution in [3.05, 3.63) is 70.8 Å². The zero-order chi connectivity index (χ0) is 34.6. The smallest absolute Gasteiger partial charge is 0.0443 e. The van der Waals surface area contributed by atoms with Gasteiger partial charge in [-0.15, -0.1) is 0 Å². The fourth-order valence-electron chi connectivity index (χ4n) is 6.15. The van der Waals surface area contributed by atoms with Crippen LogP contribution < -0.4 is 10.6 Å². The Morgan fingerprint density at radius 2 is 0.633 bits per heavy atom. The molecule has 0 radical (unpaired) electrons. The molecule has 0 saturated carbocycles. The molecular formula is C44H78N2NiO2. The Kier molecular flexibility index (Phi) is 37.1. The molecule has 0 spiro atoms. The molecule has 4 N–H and O–H groups in total. The van der Waals surface area contributed by atoms with E-state index in [2.05, 4.69) is 73.0 Å². The molecule has 0 aliphatic rings. The van der Waals surface area contributed by atoms with E-state index in [-0.39, 0.29) is 29.7 Å². The van der Waals surface area contributed by atoms with Crippen LogP contribution in [0.5, 0.6) is 0 Å². The first-order valence-electron chi connectivity index (χ1n) is 20.5. The molecule has 0 bridgehead atoms. The van der Waals surface area contributed by atoms with Crippen LogP contribution in [-0.2, 0) is 42.4 Å². The van der Waals surface area contributed by atoms with Gasteiger partial charge >= 0.3 is 0 Å². The second-order valence-corrected chi connectivity index (χ2v) is 14.0. The molecule has 0 heterocycles. The molecule has 5 heteroatoms. The maximum Gasteiger partial charge on any atom is 0.0443 e. The summed E-state index contributed by atoms with van der Waals surface area (Å²) in [5.41, 5.74) is 5.60. The van der Waals surface area contributed by atoms with Crippen molar-refractivity contribution < 1.29 is 26.7 Å². The number of unbranched alkanes of at least 4 members (excludes halogenated alkanes) is 18. The Bertz CT molecular complexity index is 831. The van der Waals surface area contributed by atoms with E-state index < -0.39 is 0 Å². The van der Waals surface area contributed by atoms with Crippen LogP contribution in [0.15, 0.2) is 48.5 Å². The van der Waals surface area contributed by atoms with E-state index in [1.807, 2.05) is 0 Å². The summed E-state index contributed by atoms with van der Waals surface area (Å²) in [5.74, 6) is 0. The average molecular weight is 726 g/mol.